The summed E-state index contributed by atoms with van der Waals surface area (Å²) in [6, 6.07) is 0. The molecule has 1 heterocycles. The summed E-state index contributed by atoms with van der Waals surface area (Å²) in [5.41, 5.74) is 0.125. The van der Waals surface area contributed by atoms with Gasteiger partial charge in [-0.05, 0) is 32.1 Å². The second-order valence-corrected chi connectivity index (χ2v) is 4.38. The Morgan fingerprint density at radius 2 is 2.21 bits per heavy atom. The van der Waals surface area contributed by atoms with E-state index in [4.69, 9.17) is 4.74 Å². The van der Waals surface area contributed by atoms with Crippen molar-refractivity contribution >= 4 is 5.84 Å². The molecule has 3 nitrogen and oxygen atoms in total. The Morgan fingerprint density at radius 3 is 2.71 bits per heavy atom. The summed E-state index contributed by atoms with van der Waals surface area (Å²) in [5.74, 6) is 1.19. The molecular weight excluding hydrogens is 176 g/mol. The van der Waals surface area contributed by atoms with Crippen molar-refractivity contribution < 1.29 is 4.74 Å². The van der Waals surface area contributed by atoms with Gasteiger partial charge in [0.05, 0.1) is 11.4 Å². The molecular formula is C11H20N2O. The van der Waals surface area contributed by atoms with E-state index in [-0.39, 0.29) is 5.60 Å². The average Bonchev–Trinajstić information content (AvgIpc) is 2.19. The Balaban J connectivity index is 1.78. The van der Waals surface area contributed by atoms with Gasteiger partial charge in [0.25, 0.3) is 0 Å². The predicted molar refractivity (Wildman–Crippen MR) is 57.7 cm³/mol. The maximum atomic E-state index is 5.55. The van der Waals surface area contributed by atoms with Gasteiger partial charge in [0.1, 0.15) is 0 Å². The lowest BCUT2D eigenvalue weighted by molar-refractivity contribution is -0.0666. The fourth-order valence-corrected chi connectivity index (χ4v) is 2.13. The largest absolute Gasteiger partial charge is 0.376 e. The van der Waals surface area contributed by atoms with E-state index in [1.807, 2.05) is 7.11 Å². The van der Waals surface area contributed by atoms with Crippen LogP contribution >= 0.6 is 0 Å². The lowest BCUT2D eigenvalue weighted by Gasteiger charge is -2.41. The standard InChI is InChI=1S/C11H20N2O/c1-14-11(6-4-7-11)9-13-10-5-2-3-8-12-10/h2-9H2,1H3,(H,12,13). The van der Waals surface area contributed by atoms with Crippen LogP contribution in [0.4, 0.5) is 0 Å². The summed E-state index contributed by atoms with van der Waals surface area (Å²) in [6.45, 7) is 1.95. The van der Waals surface area contributed by atoms with Crippen molar-refractivity contribution in [3.63, 3.8) is 0 Å². The van der Waals surface area contributed by atoms with Crippen LogP contribution in [0.5, 0.6) is 0 Å². The first-order chi connectivity index (χ1) is 6.85. The summed E-state index contributed by atoms with van der Waals surface area (Å²) < 4.78 is 5.55. The highest BCUT2D eigenvalue weighted by Gasteiger charge is 2.36. The van der Waals surface area contributed by atoms with Gasteiger partial charge < -0.3 is 10.1 Å². The molecule has 0 radical (unpaired) electrons. The molecule has 0 saturated heterocycles. The van der Waals surface area contributed by atoms with Gasteiger partial charge in [0.2, 0.25) is 0 Å². The van der Waals surface area contributed by atoms with Crippen molar-refractivity contribution in [1.82, 2.24) is 5.32 Å². The molecule has 0 bridgehead atoms. The monoisotopic (exact) mass is 196 g/mol. The summed E-state index contributed by atoms with van der Waals surface area (Å²) in [5, 5.41) is 3.44. The van der Waals surface area contributed by atoms with Gasteiger partial charge in [0.15, 0.2) is 0 Å². The van der Waals surface area contributed by atoms with E-state index in [2.05, 4.69) is 10.3 Å². The maximum Gasteiger partial charge on any atom is 0.0964 e. The van der Waals surface area contributed by atoms with Crippen molar-refractivity contribution in [2.75, 3.05) is 20.2 Å². The Bertz CT molecular complexity index is 216. The van der Waals surface area contributed by atoms with Gasteiger partial charge in [0, 0.05) is 26.6 Å². The predicted octanol–water partition coefficient (Wildman–Crippen LogP) is 1.73. The number of nitrogens with zero attached hydrogens (tertiary/aromatic N) is 1. The second kappa shape index (κ2) is 4.30. The Labute approximate surface area is 85.9 Å². The Hall–Kier alpha value is -0.570. The van der Waals surface area contributed by atoms with Crippen LogP contribution in [0.3, 0.4) is 0 Å². The molecule has 1 aliphatic heterocycles. The van der Waals surface area contributed by atoms with E-state index in [0.29, 0.717) is 0 Å². The zero-order valence-electron chi connectivity index (χ0n) is 9.01. The molecule has 1 N–H and O–H groups in total. The number of methoxy groups -OCH3 is 1. The lowest BCUT2D eigenvalue weighted by atomic mass is 9.80. The van der Waals surface area contributed by atoms with E-state index in [1.165, 1.54) is 37.9 Å². The normalized spacial score (nSPS) is 25.1. The number of amidine groups is 1. The van der Waals surface area contributed by atoms with Crippen LogP contribution in [0.25, 0.3) is 0 Å². The van der Waals surface area contributed by atoms with Crippen molar-refractivity contribution in [3.8, 4) is 0 Å². The Morgan fingerprint density at radius 1 is 1.36 bits per heavy atom. The van der Waals surface area contributed by atoms with E-state index in [1.54, 1.807) is 0 Å². The van der Waals surface area contributed by atoms with Crippen LogP contribution in [-0.2, 0) is 4.74 Å². The first-order valence-corrected chi connectivity index (χ1v) is 5.67. The third-order valence-electron chi connectivity index (χ3n) is 3.44. The van der Waals surface area contributed by atoms with Crippen molar-refractivity contribution in [2.45, 2.75) is 44.1 Å². The van der Waals surface area contributed by atoms with Crippen LogP contribution in [0.1, 0.15) is 38.5 Å². The average molecular weight is 196 g/mol. The number of ether oxygens (including phenoxy) is 1. The van der Waals surface area contributed by atoms with Crippen molar-refractivity contribution in [1.29, 1.82) is 0 Å². The van der Waals surface area contributed by atoms with Gasteiger partial charge >= 0.3 is 0 Å². The molecule has 3 heteroatoms. The number of aliphatic imine (C=N–C) groups is 1. The lowest BCUT2D eigenvalue weighted by Crippen LogP contribution is -2.49. The first-order valence-electron chi connectivity index (χ1n) is 5.67. The number of hydrogen-bond donors (Lipinski definition) is 1. The summed E-state index contributed by atoms with van der Waals surface area (Å²) >= 11 is 0. The van der Waals surface area contributed by atoms with Gasteiger partial charge in [-0.25, -0.2) is 0 Å². The molecule has 0 unspecified atom stereocenters. The smallest absolute Gasteiger partial charge is 0.0964 e. The molecule has 0 atom stereocenters. The molecule has 2 aliphatic rings. The Kier molecular flexibility index (Phi) is 3.06. The van der Waals surface area contributed by atoms with Crippen LogP contribution in [-0.4, -0.2) is 31.6 Å². The fourth-order valence-electron chi connectivity index (χ4n) is 2.13. The van der Waals surface area contributed by atoms with Gasteiger partial charge in [-0.15, -0.1) is 0 Å². The van der Waals surface area contributed by atoms with Crippen LogP contribution in [0, 0.1) is 0 Å². The molecule has 80 valence electrons. The molecule has 0 aromatic heterocycles. The quantitative estimate of drug-likeness (QED) is 0.745. The highest BCUT2D eigenvalue weighted by Crippen LogP contribution is 2.34. The van der Waals surface area contributed by atoms with E-state index in [9.17, 15) is 0 Å². The summed E-state index contributed by atoms with van der Waals surface area (Å²) in [4.78, 5) is 4.48. The van der Waals surface area contributed by atoms with Crippen LogP contribution in [0.2, 0.25) is 0 Å². The fraction of sp³-hybridized carbons (Fsp3) is 0.909. The molecule has 1 fully saturated rings. The van der Waals surface area contributed by atoms with Crippen LogP contribution < -0.4 is 5.32 Å². The van der Waals surface area contributed by atoms with Crippen LogP contribution in [0.15, 0.2) is 4.99 Å². The number of rotatable bonds is 3. The zero-order chi connectivity index (χ0) is 9.86. The third kappa shape index (κ3) is 2.08. The number of hydrogen-bond acceptors (Lipinski definition) is 3. The molecule has 0 aromatic rings. The summed E-state index contributed by atoms with van der Waals surface area (Å²) in [7, 11) is 1.82. The highest BCUT2D eigenvalue weighted by atomic mass is 16.5. The minimum Gasteiger partial charge on any atom is -0.376 e. The third-order valence-corrected chi connectivity index (χ3v) is 3.44. The van der Waals surface area contributed by atoms with Gasteiger partial charge in [-0.3, -0.25) is 4.99 Å². The van der Waals surface area contributed by atoms with Crippen molar-refractivity contribution in [3.05, 3.63) is 0 Å². The zero-order valence-corrected chi connectivity index (χ0v) is 9.01. The molecule has 1 saturated carbocycles. The molecule has 0 aromatic carbocycles. The van der Waals surface area contributed by atoms with Crippen molar-refractivity contribution in [2.24, 2.45) is 4.99 Å². The van der Waals surface area contributed by atoms with Gasteiger partial charge in [-0.1, -0.05) is 0 Å². The minimum atomic E-state index is 0.125. The highest BCUT2D eigenvalue weighted by molar-refractivity contribution is 5.82. The van der Waals surface area contributed by atoms with E-state index >= 15 is 0 Å². The molecule has 0 amide bonds. The van der Waals surface area contributed by atoms with E-state index in [0.717, 1.165) is 19.5 Å². The second-order valence-electron chi connectivity index (χ2n) is 4.38. The van der Waals surface area contributed by atoms with E-state index < -0.39 is 0 Å². The molecule has 1 aliphatic carbocycles. The first kappa shape index (κ1) is 9.97. The molecule has 0 spiro atoms. The SMILES string of the molecule is COC1(CNC2=NCCCC2)CCC1. The molecule has 2 rings (SSSR count). The maximum absolute atomic E-state index is 5.55. The molecule has 14 heavy (non-hydrogen) atoms. The number of nitrogens with one attached hydrogen (secondary N) is 1. The van der Waals surface area contributed by atoms with Gasteiger partial charge in [-0.2, -0.15) is 0 Å². The topological polar surface area (TPSA) is 33.6 Å². The summed E-state index contributed by atoms with van der Waals surface area (Å²) in [6.07, 6.45) is 7.36. The minimum absolute atomic E-state index is 0.125.